The van der Waals surface area contributed by atoms with E-state index in [-0.39, 0.29) is 75.7 Å². The number of amides is 4. The van der Waals surface area contributed by atoms with Crippen LogP contribution in [0.2, 0.25) is 0 Å². The summed E-state index contributed by atoms with van der Waals surface area (Å²) in [6.07, 6.45) is 1.82. The Bertz CT molecular complexity index is 1340. The summed E-state index contributed by atoms with van der Waals surface area (Å²) in [5.41, 5.74) is 0.311. The van der Waals surface area contributed by atoms with E-state index < -0.39 is 53.9 Å². The maximum absolute atomic E-state index is 13.3. The lowest BCUT2D eigenvalue weighted by Crippen LogP contribution is -2.48. The van der Waals surface area contributed by atoms with Gasteiger partial charge in [-0.2, -0.15) is 0 Å². The van der Waals surface area contributed by atoms with Gasteiger partial charge in [-0.1, -0.05) is 12.1 Å². The molecule has 0 spiro atoms. The molecule has 0 aromatic heterocycles. The SMILES string of the molecule is COC(=O)CCCC(=O)N(O)CCCC[C@H](NC(=O)[C@@H]1COC(c2ccccc2O)=N1)C(=O)O[C@H](C)CC(=O)N[C@H]1CCCCNC1=O. The van der Waals surface area contributed by atoms with Crippen LogP contribution in [-0.4, -0.2) is 108 Å². The van der Waals surface area contributed by atoms with Gasteiger partial charge in [-0.15, -0.1) is 0 Å². The molecule has 2 heterocycles. The van der Waals surface area contributed by atoms with E-state index >= 15 is 0 Å². The highest BCUT2D eigenvalue weighted by molar-refractivity contribution is 6.00. The van der Waals surface area contributed by atoms with E-state index in [1.165, 1.54) is 20.1 Å². The van der Waals surface area contributed by atoms with Gasteiger partial charge >= 0.3 is 11.9 Å². The van der Waals surface area contributed by atoms with Crippen molar-refractivity contribution in [3.8, 4) is 5.75 Å². The van der Waals surface area contributed by atoms with Crippen LogP contribution in [0.25, 0.3) is 0 Å². The van der Waals surface area contributed by atoms with Crippen LogP contribution in [-0.2, 0) is 43.0 Å². The van der Waals surface area contributed by atoms with Gasteiger partial charge in [0.1, 0.15) is 30.5 Å². The Hall–Kier alpha value is -4.73. The highest BCUT2D eigenvalue weighted by Gasteiger charge is 2.32. The number of unbranched alkanes of at least 4 members (excludes halogenated alkanes) is 1. The van der Waals surface area contributed by atoms with Crippen molar-refractivity contribution in [1.82, 2.24) is 21.0 Å². The number of carbonyl (C=O) groups is 6. The monoisotopic (exact) mass is 675 g/mol. The zero-order valence-electron chi connectivity index (χ0n) is 27.3. The zero-order valence-corrected chi connectivity index (χ0v) is 27.3. The number of hydrogen-bond donors (Lipinski definition) is 5. The van der Waals surface area contributed by atoms with Crippen LogP contribution in [0.5, 0.6) is 5.75 Å². The van der Waals surface area contributed by atoms with E-state index in [1.807, 2.05) is 0 Å². The second kappa shape index (κ2) is 19.2. The molecule has 0 radical (unpaired) electrons. The molecule has 1 aromatic carbocycles. The lowest BCUT2D eigenvalue weighted by molar-refractivity contribution is -0.166. The maximum atomic E-state index is 13.3. The first-order chi connectivity index (χ1) is 23.0. The molecule has 1 saturated heterocycles. The third kappa shape index (κ3) is 12.1. The van der Waals surface area contributed by atoms with E-state index in [9.17, 15) is 39.1 Å². The minimum absolute atomic E-state index is 0.0413. The number of esters is 2. The summed E-state index contributed by atoms with van der Waals surface area (Å²) >= 11 is 0. The summed E-state index contributed by atoms with van der Waals surface area (Å²) in [4.78, 5) is 78.9. The first-order valence-corrected chi connectivity index (χ1v) is 16.1. The van der Waals surface area contributed by atoms with Crippen molar-refractivity contribution in [2.45, 2.75) is 95.4 Å². The number of aromatic hydroxyl groups is 1. The summed E-state index contributed by atoms with van der Waals surface area (Å²) in [6, 6.07) is 3.50. The molecular weight excluding hydrogens is 630 g/mol. The Kier molecular flexibility index (Phi) is 15.1. The van der Waals surface area contributed by atoms with Crippen molar-refractivity contribution in [2.24, 2.45) is 4.99 Å². The van der Waals surface area contributed by atoms with E-state index in [2.05, 4.69) is 25.7 Å². The number of phenolic OH excluding ortho intramolecular Hbond substituents is 1. The van der Waals surface area contributed by atoms with Crippen LogP contribution in [0.3, 0.4) is 0 Å². The molecule has 0 saturated carbocycles. The molecule has 2 aliphatic rings. The van der Waals surface area contributed by atoms with E-state index in [4.69, 9.17) is 9.47 Å². The number of para-hydroxylation sites is 1. The van der Waals surface area contributed by atoms with Crippen LogP contribution in [0.4, 0.5) is 0 Å². The molecule has 5 N–H and O–H groups in total. The van der Waals surface area contributed by atoms with Crippen LogP contribution in [0.1, 0.15) is 76.7 Å². The van der Waals surface area contributed by atoms with Crippen LogP contribution >= 0.6 is 0 Å². The number of phenols is 1. The predicted octanol–water partition coefficient (Wildman–Crippen LogP) is 0.861. The first kappa shape index (κ1) is 37.7. The van der Waals surface area contributed by atoms with Gasteiger partial charge in [0.15, 0.2) is 6.04 Å². The molecule has 3 rings (SSSR count). The summed E-state index contributed by atoms with van der Waals surface area (Å²) in [5.74, 6) is -3.19. The Morgan fingerprint density at radius 2 is 1.90 bits per heavy atom. The summed E-state index contributed by atoms with van der Waals surface area (Å²) < 4.78 is 15.6. The average Bonchev–Trinajstić information content (AvgIpc) is 3.46. The fourth-order valence-electron chi connectivity index (χ4n) is 5.09. The van der Waals surface area contributed by atoms with Gasteiger partial charge in [-0.25, -0.2) is 14.9 Å². The molecule has 1 fully saturated rings. The van der Waals surface area contributed by atoms with E-state index in [1.54, 1.807) is 18.2 Å². The van der Waals surface area contributed by atoms with Gasteiger partial charge in [0.2, 0.25) is 29.5 Å². The molecule has 2 aliphatic heterocycles. The number of benzene rings is 1. The molecule has 0 unspecified atom stereocenters. The van der Waals surface area contributed by atoms with Crippen LogP contribution in [0.15, 0.2) is 29.3 Å². The second-order valence-corrected chi connectivity index (χ2v) is 11.6. The number of nitrogens with zero attached hydrogens (tertiary/aromatic N) is 2. The van der Waals surface area contributed by atoms with Gasteiger partial charge in [-0.05, 0) is 64.0 Å². The van der Waals surface area contributed by atoms with Gasteiger partial charge < -0.3 is 35.3 Å². The third-order valence-electron chi connectivity index (χ3n) is 7.75. The Morgan fingerprint density at radius 1 is 1.12 bits per heavy atom. The molecule has 0 bridgehead atoms. The van der Waals surface area contributed by atoms with Crippen molar-refractivity contribution < 1.29 is 53.3 Å². The number of ether oxygens (including phenoxy) is 3. The lowest BCUT2D eigenvalue weighted by atomic mass is 10.1. The lowest BCUT2D eigenvalue weighted by Gasteiger charge is -2.22. The molecule has 16 nitrogen and oxygen atoms in total. The molecule has 16 heteroatoms. The van der Waals surface area contributed by atoms with Gasteiger partial charge in [-0.3, -0.25) is 29.2 Å². The second-order valence-electron chi connectivity index (χ2n) is 11.6. The highest BCUT2D eigenvalue weighted by atomic mass is 16.5. The standard InChI is InChI=1S/C32H45N5O11/c1-20(18-26(39)34-22-11-5-7-16-33-29(22)42)48-32(44)23(12-6-8-17-37(45)27(40)14-9-15-28(41)46-2)35-30(43)24-19-47-31(36-24)21-10-3-4-13-25(21)38/h3-4,10,13,20,22-24,38,45H,5-9,11-12,14-19H2,1-2H3,(H,33,42)(H,34,39)(H,35,43)/t20-,22+,23+,24+/m1/s1. The zero-order chi connectivity index (χ0) is 35.1. The molecule has 4 atom stereocenters. The van der Waals surface area contributed by atoms with Crippen LogP contribution in [0, 0.1) is 0 Å². The molecular formula is C32H45N5O11. The fraction of sp³-hybridized carbons (Fsp3) is 0.594. The number of hydroxylamine groups is 2. The first-order valence-electron chi connectivity index (χ1n) is 16.1. The minimum Gasteiger partial charge on any atom is -0.507 e. The van der Waals surface area contributed by atoms with Crippen molar-refractivity contribution in [2.75, 3.05) is 26.8 Å². The highest BCUT2D eigenvalue weighted by Crippen LogP contribution is 2.21. The van der Waals surface area contributed by atoms with Gasteiger partial charge in [0, 0.05) is 25.9 Å². The predicted molar refractivity (Wildman–Crippen MR) is 168 cm³/mol. The van der Waals surface area contributed by atoms with E-state index in [0.717, 1.165) is 12.8 Å². The largest absolute Gasteiger partial charge is 0.507 e. The number of carbonyl (C=O) groups excluding carboxylic acids is 6. The normalized spacial score (nSPS) is 18.6. The minimum atomic E-state index is -1.16. The molecule has 48 heavy (non-hydrogen) atoms. The van der Waals surface area contributed by atoms with Crippen molar-refractivity contribution in [1.29, 1.82) is 0 Å². The topological polar surface area (TPSA) is 222 Å². The third-order valence-corrected chi connectivity index (χ3v) is 7.75. The maximum Gasteiger partial charge on any atom is 0.328 e. The smallest absolute Gasteiger partial charge is 0.328 e. The molecule has 264 valence electrons. The number of aliphatic imine (C=N–C) groups is 1. The molecule has 0 aliphatic carbocycles. The molecule has 1 aromatic rings. The van der Waals surface area contributed by atoms with Gasteiger partial charge in [0.05, 0.1) is 19.1 Å². The summed E-state index contributed by atoms with van der Waals surface area (Å²) in [6.45, 7) is 1.89. The summed E-state index contributed by atoms with van der Waals surface area (Å²) in [7, 11) is 1.24. The Morgan fingerprint density at radius 3 is 2.65 bits per heavy atom. The quantitative estimate of drug-likeness (QED) is 0.0674. The summed E-state index contributed by atoms with van der Waals surface area (Å²) in [5, 5.41) is 28.8. The number of rotatable bonds is 17. The van der Waals surface area contributed by atoms with Crippen molar-refractivity contribution in [3.05, 3.63) is 29.8 Å². The van der Waals surface area contributed by atoms with Gasteiger partial charge in [0.25, 0.3) is 0 Å². The van der Waals surface area contributed by atoms with Crippen molar-refractivity contribution in [3.63, 3.8) is 0 Å². The average molecular weight is 676 g/mol. The Labute approximate surface area is 278 Å². The van der Waals surface area contributed by atoms with Crippen molar-refractivity contribution >= 4 is 41.5 Å². The number of methoxy groups -OCH3 is 1. The molecule has 4 amide bonds. The number of hydrogen-bond acceptors (Lipinski definition) is 12. The number of nitrogens with one attached hydrogen (secondary N) is 3. The Balaban J connectivity index is 1.57. The van der Waals surface area contributed by atoms with Crippen LogP contribution < -0.4 is 16.0 Å². The van der Waals surface area contributed by atoms with E-state index in [0.29, 0.717) is 23.6 Å². The fourth-order valence-corrected chi connectivity index (χ4v) is 5.09.